The fourth-order valence-electron chi connectivity index (χ4n) is 1.27. The van der Waals surface area contributed by atoms with E-state index in [0.717, 1.165) is 16.9 Å². The van der Waals surface area contributed by atoms with Crippen molar-refractivity contribution in [2.45, 2.75) is 26.8 Å². The molecular weight excluding hydrogens is 198 g/mol. The minimum absolute atomic E-state index is 0. The summed E-state index contributed by atoms with van der Waals surface area (Å²) in [4.78, 5) is 0. The summed E-state index contributed by atoms with van der Waals surface area (Å²) in [7, 11) is 0. The maximum Gasteiger partial charge on any atom is 0.122 e. The average molecular weight is 216 g/mol. The molecule has 3 heteroatoms. The van der Waals surface area contributed by atoms with Crippen molar-refractivity contribution in [1.29, 1.82) is 0 Å². The molecule has 0 amide bonds. The molecule has 14 heavy (non-hydrogen) atoms. The summed E-state index contributed by atoms with van der Waals surface area (Å²) in [6.45, 7) is 6.71. The first-order chi connectivity index (χ1) is 6.15. The minimum Gasteiger partial charge on any atom is -0.494 e. The zero-order valence-corrected chi connectivity index (χ0v) is 9.73. The molecule has 80 valence electrons. The Morgan fingerprint density at radius 3 is 2.50 bits per heavy atom. The second kappa shape index (κ2) is 5.89. The molecule has 0 saturated carbocycles. The van der Waals surface area contributed by atoms with Gasteiger partial charge in [-0.2, -0.15) is 0 Å². The van der Waals surface area contributed by atoms with Crippen LogP contribution in [0.5, 0.6) is 5.75 Å². The summed E-state index contributed by atoms with van der Waals surface area (Å²) in [5.41, 5.74) is 8.07. The van der Waals surface area contributed by atoms with E-state index in [1.165, 1.54) is 0 Å². The van der Waals surface area contributed by atoms with Crippen LogP contribution >= 0.6 is 12.4 Å². The van der Waals surface area contributed by atoms with Crippen LogP contribution in [-0.2, 0) is 0 Å². The molecule has 1 aromatic carbocycles. The lowest BCUT2D eigenvalue weighted by atomic mass is 10.1. The summed E-state index contributed by atoms with van der Waals surface area (Å²) in [6, 6.07) is 6.17. The SMILES string of the molecule is CCOc1ccc([C@@H](C)N)cc1C.Cl. The molecule has 0 aliphatic rings. The first-order valence-electron chi connectivity index (χ1n) is 4.64. The van der Waals surface area contributed by atoms with Gasteiger partial charge in [0.05, 0.1) is 6.61 Å². The van der Waals surface area contributed by atoms with E-state index in [4.69, 9.17) is 10.5 Å². The molecule has 1 rings (SSSR count). The zero-order valence-electron chi connectivity index (χ0n) is 8.91. The van der Waals surface area contributed by atoms with Crippen molar-refractivity contribution >= 4 is 12.4 Å². The smallest absolute Gasteiger partial charge is 0.122 e. The topological polar surface area (TPSA) is 35.2 Å². The van der Waals surface area contributed by atoms with Gasteiger partial charge >= 0.3 is 0 Å². The maximum absolute atomic E-state index is 5.77. The number of benzene rings is 1. The van der Waals surface area contributed by atoms with Gasteiger partial charge in [-0.3, -0.25) is 0 Å². The molecule has 0 fully saturated rings. The van der Waals surface area contributed by atoms with Crippen molar-refractivity contribution in [1.82, 2.24) is 0 Å². The van der Waals surface area contributed by atoms with Crippen LogP contribution in [0.3, 0.4) is 0 Å². The second-order valence-corrected chi connectivity index (χ2v) is 3.25. The lowest BCUT2D eigenvalue weighted by molar-refractivity contribution is 0.337. The van der Waals surface area contributed by atoms with Crippen molar-refractivity contribution in [2.75, 3.05) is 6.61 Å². The predicted molar refractivity (Wildman–Crippen MR) is 62.2 cm³/mol. The van der Waals surface area contributed by atoms with Crippen molar-refractivity contribution in [3.63, 3.8) is 0 Å². The molecule has 0 heterocycles. The molecule has 0 bridgehead atoms. The predicted octanol–water partition coefficient (Wildman–Crippen LogP) is 2.84. The van der Waals surface area contributed by atoms with Gasteiger partial charge in [0.2, 0.25) is 0 Å². The highest BCUT2D eigenvalue weighted by Crippen LogP contribution is 2.21. The normalized spacial score (nSPS) is 11.7. The van der Waals surface area contributed by atoms with Crippen LogP contribution in [0.25, 0.3) is 0 Å². The van der Waals surface area contributed by atoms with Crippen LogP contribution < -0.4 is 10.5 Å². The Kier molecular flexibility index (Phi) is 5.58. The summed E-state index contributed by atoms with van der Waals surface area (Å²) < 4.78 is 5.43. The van der Waals surface area contributed by atoms with Crippen molar-refractivity contribution in [3.05, 3.63) is 29.3 Å². The zero-order chi connectivity index (χ0) is 9.84. The van der Waals surface area contributed by atoms with Crippen molar-refractivity contribution in [2.24, 2.45) is 5.73 Å². The van der Waals surface area contributed by atoms with E-state index in [1.807, 2.05) is 32.9 Å². The Morgan fingerprint density at radius 1 is 1.43 bits per heavy atom. The van der Waals surface area contributed by atoms with Gasteiger partial charge in [0, 0.05) is 6.04 Å². The molecule has 2 nitrogen and oxygen atoms in total. The molecule has 0 radical (unpaired) electrons. The molecule has 0 spiro atoms. The monoisotopic (exact) mass is 215 g/mol. The highest BCUT2D eigenvalue weighted by atomic mass is 35.5. The molecule has 0 aromatic heterocycles. The van der Waals surface area contributed by atoms with E-state index in [1.54, 1.807) is 0 Å². The van der Waals surface area contributed by atoms with Gasteiger partial charge in [-0.25, -0.2) is 0 Å². The first-order valence-corrected chi connectivity index (χ1v) is 4.64. The molecular formula is C11H18ClNO. The van der Waals surface area contributed by atoms with Gasteiger partial charge in [0.15, 0.2) is 0 Å². The average Bonchev–Trinajstić information content (AvgIpc) is 2.08. The highest BCUT2D eigenvalue weighted by molar-refractivity contribution is 5.85. The molecule has 0 aliphatic carbocycles. The van der Waals surface area contributed by atoms with Crippen LogP contribution in [0.15, 0.2) is 18.2 Å². The Bertz CT molecular complexity index is 287. The van der Waals surface area contributed by atoms with Crippen molar-refractivity contribution in [3.8, 4) is 5.75 Å². The minimum atomic E-state index is 0. The summed E-state index contributed by atoms with van der Waals surface area (Å²) in [6.07, 6.45) is 0. The van der Waals surface area contributed by atoms with Gasteiger partial charge in [0.25, 0.3) is 0 Å². The fourth-order valence-corrected chi connectivity index (χ4v) is 1.27. The van der Waals surface area contributed by atoms with E-state index in [2.05, 4.69) is 6.07 Å². The summed E-state index contributed by atoms with van der Waals surface area (Å²) in [5.74, 6) is 0.951. The first kappa shape index (κ1) is 13.3. The number of halogens is 1. The van der Waals surface area contributed by atoms with Crippen LogP contribution in [0.1, 0.15) is 31.0 Å². The lowest BCUT2D eigenvalue weighted by Gasteiger charge is -2.10. The Morgan fingerprint density at radius 2 is 2.07 bits per heavy atom. The van der Waals surface area contributed by atoms with Crippen LogP contribution in [0.4, 0.5) is 0 Å². The Labute approximate surface area is 91.9 Å². The van der Waals surface area contributed by atoms with E-state index < -0.39 is 0 Å². The van der Waals surface area contributed by atoms with E-state index in [9.17, 15) is 0 Å². The summed E-state index contributed by atoms with van der Waals surface area (Å²) in [5, 5.41) is 0. The Hall–Kier alpha value is -0.730. The van der Waals surface area contributed by atoms with E-state index in [0.29, 0.717) is 6.61 Å². The number of rotatable bonds is 3. The molecule has 1 aromatic rings. The third kappa shape index (κ3) is 3.20. The van der Waals surface area contributed by atoms with Crippen molar-refractivity contribution < 1.29 is 4.74 Å². The fraction of sp³-hybridized carbons (Fsp3) is 0.455. The number of ether oxygens (including phenoxy) is 1. The second-order valence-electron chi connectivity index (χ2n) is 3.25. The molecule has 0 aliphatic heterocycles. The Balaban J connectivity index is 0.00000169. The van der Waals surface area contributed by atoms with Gasteiger partial charge in [-0.1, -0.05) is 12.1 Å². The maximum atomic E-state index is 5.77. The van der Waals surface area contributed by atoms with E-state index >= 15 is 0 Å². The number of aryl methyl sites for hydroxylation is 1. The van der Waals surface area contributed by atoms with Gasteiger partial charge in [-0.05, 0) is 38.0 Å². The third-order valence-corrected chi connectivity index (χ3v) is 2.02. The standard InChI is InChI=1S/C11H17NO.ClH/c1-4-13-11-6-5-10(9(3)12)7-8(11)2;/h5-7,9H,4,12H2,1-3H3;1H/t9-;/m1./s1. The van der Waals surface area contributed by atoms with Gasteiger partial charge in [0.1, 0.15) is 5.75 Å². The molecule has 1 atom stereocenters. The molecule has 0 unspecified atom stereocenters. The van der Waals surface area contributed by atoms with Crippen LogP contribution in [0, 0.1) is 6.92 Å². The number of hydrogen-bond acceptors (Lipinski definition) is 2. The van der Waals surface area contributed by atoms with Crippen LogP contribution in [-0.4, -0.2) is 6.61 Å². The quantitative estimate of drug-likeness (QED) is 0.842. The molecule has 0 saturated heterocycles. The highest BCUT2D eigenvalue weighted by Gasteiger charge is 2.03. The van der Waals surface area contributed by atoms with E-state index in [-0.39, 0.29) is 18.4 Å². The number of nitrogens with two attached hydrogens (primary N) is 1. The largest absolute Gasteiger partial charge is 0.494 e. The van der Waals surface area contributed by atoms with Crippen LogP contribution in [0.2, 0.25) is 0 Å². The van der Waals surface area contributed by atoms with Gasteiger partial charge < -0.3 is 10.5 Å². The number of hydrogen-bond donors (Lipinski definition) is 1. The summed E-state index contributed by atoms with van der Waals surface area (Å²) >= 11 is 0. The molecule has 2 N–H and O–H groups in total. The third-order valence-electron chi connectivity index (χ3n) is 2.02. The lowest BCUT2D eigenvalue weighted by Crippen LogP contribution is -2.05. The van der Waals surface area contributed by atoms with Gasteiger partial charge in [-0.15, -0.1) is 12.4 Å².